The van der Waals surface area contributed by atoms with Crippen molar-refractivity contribution >= 4 is 38.6 Å². The highest BCUT2D eigenvalue weighted by atomic mass is 15.0. The molecule has 0 unspecified atom stereocenters. The first kappa shape index (κ1) is 35.9. The number of fused-ring (bicyclic) bond motifs is 5. The molecule has 3 nitrogen and oxygen atoms in total. The number of hydrogen-bond acceptors (Lipinski definition) is 2. The minimum atomic E-state index is 0.794. The van der Waals surface area contributed by atoms with Gasteiger partial charge in [-0.2, -0.15) is 0 Å². The number of nitrogens with two attached hydrogens (primary N) is 2. The van der Waals surface area contributed by atoms with Gasteiger partial charge in [-0.15, -0.1) is 0 Å². The summed E-state index contributed by atoms with van der Waals surface area (Å²) in [5, 5.41) is 2.64. The van der Waals surface area contributed by atoms with Crippen LogP contribution in [0.1, 0.15) is 62.8 Å². The van der Waals surface area contributed by atoms with Crippen molar-refractivity contribution in [2.24, 2.45) is 5.73 Å². The summed E-state index contributed by atoms with van der Waals surface area (Å²) in [6.45, 7) is 8.00. The molecule has 4 N–H and O–H groups in total. The number of para-hydroxylation sites is 1. The predicted octanol–water partition coefficient (Wildman–Crippen LogP) is 11.9. The average Bonchev–Trinajstić information content (AvgIpc) is 3.98. The SMILES string of the molecule is C1=C(Cc2ccccc2)CC(c2ccccc2)=C1.CC.CC.CN.Nc1ccc(-n2c3ccccc3c3cc4c(cc32)CC2=C4CC=C2)cc1. The fraction of sp³-hybridized carbons (Fsp3) is 0.191. The summed E-state index contributed by atoms with van der Waals surface area (Å²) in [6.07, 6.45) is 13.4. The standard InChI is InChI=1S/C24H18N2.C18H16.2C2H6.CH5N/c25-17-8-10-18(11-9-17)26-23-7-2-1-5-20(23)22-14-21-16(13-24(22)26)12-15-4-3-6-19(15)21;1-3-7-15(8-4-1)13-16-11-12-18(14-16)17-9-5-2-6-10-17;3*1-2/h1-5,7-11,13-14H,6,12,25H2;1-12H,13-14H2;2*1-2H3;2H2,1H3. The molecule has 0 bridgehead atoms. The third-order valence-electron chi connectivity index (χ3n) is 9.14. The van der Waals surface area contributed by atoms with Crippen molar-refractivity contribution in [2.45, 2.75) is 53.4 Å². The molecular weight excluding hydrogens is 607 g/mol. The van der Waals surface area contributed by atoms with Crippen LogP contribution >= 0.6 is 0 Å². The second-order valence-corrected chi connectivity index (χ2v) is 12.0. The summed E-state index contributed by atoms with van der Waals surface area (Å²) in [6, 6.07) is 43.0. The highest BCUT2D eigenvalue weighted by Gasteiger charge is 2.24. The van der Waals surface area contributed by atoms with E-state index < -0.39 is 0 Å². The van der Waals surface area contributed by atoms with Gasteiger partial charge in [0.1, 0.15) is 0 Å². The second kappa shape index (κ2) is 17.3. The highest BCUT2D eigenvalue weighted by molar-refractivity contribution is 6.11. The van der Waals surface area contributed by atoms with E-state index in [4.69, 9.17) is 5.73 Å². The Hall–Kier alpha value is -5.38. The Balaban J connectivity index is 0.000000178. The van der Waals surface area contributed by atoms with Crippen LogP contribution in [0.15, 0.2) is 157 Å². The molecule has 0 amide bonds. The van der Waals surface area contributed by atoms with Gasteiger partial charge in [0.2, 0.25) is 0 Å². The summed E-state index contributed by atoms with van der Waals surface area (Å²) in [5.41, 5.74) is 26.5. The van der Waals surface area contributed by atoms with Gasteiger partial charge in [-0.25, -0.2) is 0 Å². The normalized spacial score (nSPS) is 13.4. The minimum Gasteiger partial charge on any atom is -0.399 e. The molecule has 9 rings (SSSR count). The number of anilines is 1. The predicted molar refractivity (Wildman–Crippen MR) is 220 cm³/mol. The molecule has 1 heterocycles. The smallest absolute Gasteiger partial charge is 0.0544 e. The monoisotopic (exact) mass is 657 g/mol. The van der Waals surface area contributed by atoms with Crippen LogP contribution in [0.5, 0.6) is 0 Å². The highest BCUT2D eigenvalue weighted by Crippen LogP contribution is 2.43. The van der Waals surface area contributed by atoms with Crippen molar-refractivity contribution in [3.05, 3.63) is 179 Å². The van der Waals surface area contributed by atoms with Crippen LogP contribution in [-0.2, 0) is 12.8 Å². The maximum Gasteiger partial charge on any atom is 0.0544 e. The Kier molecular flexibility index (Phi) is 12.4. The first-order valence-electron chi connectivity index (χ1n) is 18.1. The molecule has 3 aliphatic rings. The molecule has 0 aliphatic heterocycles. The van der Waals surface area contributed by atoms with E-state index in [1.54, 1.807) is 0 Å². The molecule has 0 saturated heterocycles. The van der Waals surface area contributed by atoms with Crippen molar-refractivity contribution in [1.82, 2.24) is 4.57 Å². The topological polar surface area (TPSA) is 57.0 Å². The molecular formula is C47H51N3. The fourth-order valence-corrected chi connectivity index (χ4v) is 7.00. The molecule has 0 radical (unpaired) electrons. The van der Waals surface area contributed by atoms with E-state index in [-0.39, 0.29) is 0 Å². The van der Waals surface area contributed by atoms with Crippen LogP contribution < -0.4 is 11.5 Å². The summed E-state index contributed by atoms with van der Waals surface area (Å²) in [5.74, 6) is 0. The zero-order valence-corrected chi connectivity index (χ0v) is 30.3. The first-order valence-corrected chi connectivity index (χ1v) is 18.1. The van der Waals surface area contributed by atoms with Crippen molar-refractivity contribution in [1.29, 1.82) is 0 Å². The number of rotatable bonds is 4. The third-order valence-corrected chi connectivity index (χ3v) is 9.14. The Morgan fingerprint density at radius 2 is 1.30 bits per heavy atom. The molecule has 0 spiro atoms. The minimum absolute atomic E-state index is 0.794. The Morgan fingerprint density at radius 1 is 0.640 bits per heavy atom. The second-order valence-electron chi connectivity index (χ2n) is 12.0. The molecule has 3 heteroatoms. The van der Waals surface area contributed by atoms with Gasteiger partial charge < -0.3 is 16.0 Å². The molecule has 3 aliphatic carbocycles. The number of nitrogens with zero attached hydrogens (tertiary/aromatic N) is 1. The molecule has 5 aromatic carbocycles. The number of aromatic nitrogens is 1. The molecule has 0 fully saturated rings. The van der Waals surface area contributed by atoms with Gasteiger partial charge in [-0.1, -0.05) is 136 Å². The zero-order valence-electron chi connectivity index (χ0n) is 30.3. The summed E-state index contributed by atoms with van der Waals surface area (Å²) in [4.78, 5) is 0. The van der Waals surface area contributed by atoms with Crippen LogP contribution in [0.4, 0.5) is 5.69 Å². The van der Waals surface area contributed by atoms with Gasteiger partial charge in [0.05, 0.1) is 11.0 Å². The molecule has 254 valence electrons. The van der Waals surface area contributed by atoms with E-state index in [1.165, 1.54) is 73.4 Å². The quantitative estimate of drug-likeness (QED) is 0.185. The fourth-order valence-electron chi connectivity index (χ4n) is 7.00. The van der Waals surface area contributed by atoms with Crippen molar-refractivity contribution in [3.63, 3.8) is 0 Å². The lowest BCUT2D eigenvalue weighted by Gasteiger charge is -2.10. The van der Waals surface area contributed by atoms with Gasteiger partial charge in [-0.3, -0.25) is 0 Å². The lowest BCUT2D eigenvalue weighted by Crippen LogP contribution is -1.95. The van der Waals surface area contributed by atoms with Gasteiger partial charge in [0.25, 0.3) is 0 Å². The third kappa shape index (κ3) is 7.59. The van der Waals surface area contributed by atoms with Crippen molar-refractivity contribution in [3.8, 4) is 5.69 Å². The number of benzene rings is 5. The number of nitrogen functional groups attached to an aromatic ring is 1. The van der Waals surface area contributed by atoms with E-state index in [2.05, 4.69) is 144 Å². The summed E-state index contributed by atoms with van der Waals surface area (Å²) >= 11 is 0. The molecule has 0 atom stereocenters. The van der Waals surface area contributed by atoms with E-state index in [9.17, 15) is 0 Å². The van der Waals surface area contributed by atoms with Gasteiger partial charge in [-0.05, 0) is 114 Å². The summed E-state index contributed by atoms with van der Waals surface area (Å²) in [7, 11) is 1.50. The molecule has 0 saturated carbocycles. The summed E-state index contributed by atoms with van der Waals surface area (Å²) < 4.78 is 2.36. The Bertz CT molecular complexity index is 2140. The first-order chi connectivity index (χ1) is 24.7. The molecule has 6 aromatic rings. The Labute approximate surface area is 299 Å². The zero-order chi connectivity index (χ0) is 35.5. The lowest BCUT2D eigenvalue weighted by atomic mass is 9.99. The number of allylic oxidation sites excluding steroid dienone is 8. The van der Waals surface area contributed by atoms with Gasteiger partial charge in [0, 0.05) is 22.1 Å². The van der Waals surface area contributed by atoms with Crippen molar-refractivity contribution in [2.75, 3.05) is 12.8 Å². The molecule has 50 heavy (non-hydrogen) atoms. The van der Waals surface area contributed by atoms with E-state index >= 15 is 0 Å². The van der Waals surface area contributed by atoms with E-state index in [0.29, 0.717) is 0 Å². The van der Waals surface area contributed by atoms with Crippen LogP contribution in [0.2, 0.25) is 0 Å². The van der Waals surface area contributed by atoms with Crippen LogP contribution in [-0.4, -0.2) is 11.6 Å². The maximum atomic E-state index is 5.91. The van der Waals surface area contributed by atoms with Gasteiger partial charge >= 0.3 is 0 Å². The Morgan fingerprint density at radius 3 is 2.02 bits per heavy atom. The average molecular weight is 658 g/mol. The van der Waals surface area contributed by atoms with Crippen molar-refractivity contribution < 1.29 is 0 Å². The van der Waals surface area contributed by atoms with Crippen LogP contribution in [0.25, 0.3) is 38.6 Å². The van der Waals surface area contributed by atoms with E-state index in [1.807, 2.05) is 39.8 Å². The lowest BCUT2D eigenvalue weighted by molar-refractivity contribution is 1.09. The molecule has 1 aromatic heterocycles. The van der Waals surface area contributed by atoms with Crippen LogP contribution in [0.3, 0.4) is 0 Å². The van der Waals surface area contributed by atoms with Gasteiger partial charge in [0.15, 0.2) is 0 Å². The van der Waals surface area contributed by atoms with Crippen LogP contribution in [0, 0.1) is 0 Å². The van der Waals surface area contributed by atoms with E-state index in [0.717, 1.165) is 37.1 Å². The number of hydrogen-bond donors (Lipinski definition) is 2. The largest absolute Gasteiger partial charge is 0.399 e. The maximum absolute atomic E-state index is 5.91.